The molecule has 1 aromatic carbocycles. The summed E-state index contributed by atoms with van der Waals surface area (Å²) < 4.78 is 1.72. The van der Waals surface area contributed by atoms with Crippen molar-refractivity contribution in [2.45, 2.75) is 13.8 Å². The molecule has 0 atom stereocenters. The summed E-state index contributed by atoms with van der Waals surface area (Å²) >= 11 is 0. The Bertz CT molecular complexity index is 933. The van der Waals surface area contributed by atoms with E-state index < -0.39 is 0 Å². The van der Waals surface area contributed by atoms with E-state index in [9.17, 15) is 9.59 Å². The number of nitrogens with zero attached hydrogens (tertiary/aromatic N) is 4. The van der Waals surface area contributed by atoms with Crippen LogP contribution < -0.4 is 5.32 Å². The second kappa shape index (κ2) is 8.27. The average Bonchev–Trinajstić information content (AvgIpc) is 3.24. The maximum absolute atomic E-state index is 12.7. The van der Waals surface area contributed by atoms with Gasteiger partial charge in [-0.05, 0) is 38.1 Å². The van der Waals surface area contributed by atoms with Gasteiger partial charge in [0.25, 0.3) is 11.8 Å². The van der Waals surface area contributed by atoms with Gasteiger partial charge in [-0.15, -0.1) is 0 Å². The first kappa shape index (κ1) is 18.3. The van der Waals surface area contributed by atoms with E-state index in [-0.39, 0.29) is 11.8 Å². The van der Waals surface area contributed by atoms with E-state index in [1.165, 1.54) is 0 Å². The van der Waals surface area contributed by atoms with Crippen LogP contribution in [0.3, 0.4) is 0 Å². The molecular formula is C20H21N5O2. The summed E-state index contributed by atoms with van der Waals surface area (Å²) in [5, 5.41) is 2.84. The van der Waals surface area contributed by atoms with Crippen molar-refractivity contribution >= 4 is 17.5 Å². The summed E-state index contributed by atoms with van der Waals surface area (Å²) in [5.41, 5.74) is 1.40. The van der Waals surface area contributed by atoms with Gasteiger partial charge >= 0.3 is 0 Å². The number of rotatable bonds is 6. The summed E-state index contributed by atoms with van der Waals surface area (Å²) in [7, 11) is 0. The fraction of sp³-hybridized carbons (Fsp3) is 0.200. The molecule has 0 aliphatic heterocycles. The molecule has 1 N–H and O–H groups in total. The van der Waals surface area contributed by atoms with E-state index in [0.29, 0.717) is 35.7 Å². The molecule has 0 aliphatic rings. The molecule has 138 valence electrons. The van der Waals surface area contributed by atoms with Gasteiger partial charge in [0.1, 0.15) is 12.1 Å². The lowest BCUT2D eigenvalue weighted by Gasteiger charge is -2.20. The van der Waals surface area contributed by atoms with E-state index in [1.807, 2.05) is 13.8 Å². The highest BCUT2D eigenvalue weighted by atomic mass is 16.2. The quantitative estimate of drug-likeness (QED) is 0.730. The van der Waals surface area contributed by atoms with E-state index in [4.69, 9.17) is 0 Å². The molecule has 2 amide bonds. The Kier molecular flexibility index (Phi) is 5.61. The Hall–Kier alpha value is -3.48. The number of imidazole rings is 1. The van der Waals surface area contributed by atoms with Crippen LogP contribution in [0.2, 0.25) is 0 Å². The predicted octanol–water partition coefficient (Wildman–Crippen LogP) is 3.00. The second-order valence-electron chi connectivity index (χ2n) is 5.85. The highest BCUT2D eigenvalue weighted by molar-refractivity contribution is 6.09. The van der Waals surface area contributed by atoms with Crippen LogP contribution in [-0.2, 0) is 0 Å². The monoisotopic (exact) mass is 363 g/mol. The zero-order chi connectivity index (χ0) is 19.2. The van der Waals surface area contributed by atoms with E-state index in [1.54, 1.807) is 70.8 Å². The van der Waals surface area contributed by atoms with Crippen molar-refractivity contribution in [3.05, 3.63) is 72.4 Å². The van der Waals surface area contributed by atoms with Gasteiger partial charge in [-0.3, -0.25) is 14.2 Å². The molecule has 0 saturated carbocycles. The first-order valence-electron chi connectivity index (χ1n) is 8.78. The molecule has 3 aromatic rings. The topological polar surface area (TPSA) is 80.1 Å². The zero-order valence-electron chi connectivity index (χ0n) is 15.3. The summed E-state index contributed by atoms with van der Waals surface area (Å²) in [6, 6.07) is 10.3. The minimum Gasteiger partial charge on any atom is -0.339 e. The fourth-order valence-electron chi connectivity index (χ4n) is 2.75. The maximum Gasteiger partial charge on any atom is 0.255 e. The number of pyridine rings is 1. The van der Waals surface area contributed by atoms with Gasteiger partial charge < -0.3 is 10.2 Å². The van der Waals surface area contributed by atoms with Gasteiger partial charge in [-0.2, -0.15) is 0 Å². The summed E-state index contributed by atoms with van der Waals surface area (Å²) in [6.45, 7) is 5.07. The lowest BCUT2D eigenvalue weighted by molar-refractivity contribution is 0.0774. The third-order valence-electron chi connectivity index (χ3n) is 4.23. The first-order valence-corrected chi connectivity index (χ1v) is 8.78. The first-order chi connectivity index (χ1) is 13.1. The van der Waals surface area contributed by atoms with E-state index >= 15 is 0 Å². The van der Waals surface area contributed by atoms with Crippen LogP contribution >= 0.6 is 0 Å². The van der Waals surface area contributed by atoms with Crippen LogP contribution in [-0.4, -0.2) is 44.3 Å². The Morgan fingerprint density at radius 1 is 1.11 bits per heavy atom. The van der Waals surface area contributed by atoms with Crippen molar-refractivity contribution in [3.63, 3.8) is 0 Å². The van der Waals surface area contributed by atoms with Crippen LogP contribution in [0.1, 0.15) is 34.6 Å². The molecule has 7 nitrogen and oxygen atoms in total. The smallest absolute Gasteiger partial charge is 0.255 e. The number of benzene rings is 1. The van der Waals surface area contributed by atoms with Crippen molar-refractivity contribution < 1.29 is 9.59 Å². The lowest BCUT2D eigenvalue weighted by atomic mass is 10.1. The molecular weight excluding hydrogens is 342 g/mol. The molecule has 27 heavy (non-hydrogen) atoms. The average molecular weight is 363 g/mol. The van der Waals surface area contributed by atoms with E-state index in [0.717, 1.165) is 0 Å². The Morgan fingerprint density at radius 2 is 1.89 bits per heavy atom. The molecule has 0 bridgehead atoms. The van der Waals surface area contributed by atoms with Crippen molar-refractivity contribution in [2.75, 3.05) is 18.4 Å². The molecule has 2 heterocycles. The predicted molar refractivity (Wildman–Crippen MR) is 103 cm³/mol. The summed E-state index contributed by atoms with van der Waals surface area (Å²) in [5.74, 6) is 0.177. The molecule has 0 spiro atoms. The highest BCUT2D eigenvalue weighted by Crippen LogP contribution is 2.19. The number of amides is 2. The van der Waals surface area contributed by atoms with Crippen LogP contribution in [0.25, 0.3) is 5.82 Å². The second-order valence-corrected chi connectivity index (χ2v) is 5.85. The number of hydrogen-bond donors (Lipinski definition) is 1. The summed E-state index contributed by atoms with van der Waals surface area (Å²) in [6.07, 6.45) is 6.57. The number of nitrogens with one attached hydrogen (secondary N) is 1. The molecule has 2 aromatic heterocycles. The Morgan fingerprint density at radius 3 is 2.59 bits per heavy atom. The number of aromatic nitrogens is 3. The largest absolute Gasteiger partial charge is 0.339 e. The SMILES string of the molecule is CCN(CC)C(=O)c1ccccc1NC(=O)c1ccnc(-n2ccnc2)c1. The Labute approximate surface area is 157 Å². The van der Waals surface area contributed by atoms with Gasteiger partial charge in [-0.1, -0.05) is 12.1 Å². The number of carbonyl (C=O) groups excluding carboxylic acids is 2. The number of carbonyl (C=O) groups is 2. The maximum atomic E-state index is 12.7. The molecule has 0 unspecified atom stereocenters. The minimum absolute atomic E-state index is 0.107. The van der Waals surface area contributed by atoms with Gasteiger partial charge in [-0.25, -0.2) is 9.97 Å². The van der Waals surface area contributed by atoms with Gasteiger partial charge in [0.15, 0.2) is 0 Å². The third-order valence-corrected chi connectivity index (χ3v) is 4.23. The molecule has 0 aliphatic carbocycles. The fourth-order valence-corrected chi connectivity index (χ4v) is 2.75. The lowest BCUT2D eigenvalue weighted by Crippen LogP contribution is -2.31. The van der Waals surface area contributed by atoms with Crippen LogP contribution in [0, 0.1) is 0 Å². The number of anilines is 1. The molecule has 7 heteroatoms. The van der Waals surface area contributed by atoms with Crippen molar-refractivity contribution in [1.29, 1.82) is 0 Å². The minimum atomic E-state index is -0.307. The number of hydrogen-bond acceptors (Lipinski definition) is 4. The molecule has 0 saturated heterocycles. The Balaban J connectivity index is 1.85. The van der Waals surface area contributed by atoms with E-state index in [2.05, 4.69) is 15.3 Å². The van der Waals surface area contributed by atoms with Gasteiger partial charge in [0, 0.05) is 37.2 Å². The van der Waals surface area contributed by atoms with Crippen LogP contribution in [0.5, 0.6) is 0 Å². The van der Waals surface area contributed by atoms with Gasteiger partial charge in [0.2, 0.25) is 0 Å². The van der Waals surface area contributed by atoms with Gasteiger partial charge in [0.05, 0.1) is 11.3 Å². The molecule has 0 fully saturated rings. The normalized spacial score (nSPS) is 10.4. The van der Waals surface area contributed by atoms with Crippen LogP contribution in [0.4, 0.5) is 5.69 Å². The highest BCUT2D eigenvalue weighted by Gasteiger charge is 2.18. The molecule has 0 radical (unpaired) electrons. The number of para-hydroxylation sites is 1. The zero-order valence-corrected chi connectivity index (χ0v) is 15.3. The molecule has 3 rings (SSSR count). The van der Waals surface area contributed by atoms with Crippen molar-refractivity contribution in [3.8, 4) is 5.82 Å². The van der Waals surface area contributed by atoms with Crippen LogP contribution in [0.15, 0.2) is 61.3 Å². The third kappa shape index (κ3) is 4.03. The summed E-state index contributed by atoms with van der Waals surface area (Å²) in [4.78, 5) is 35.4. The van der Waals surface area contributed by atoms with Crippen molar-refractivity contribution in [2.24, 2.45) is 0 Å². The standard InChI is InChI=1S/C20H21N5O2/c1-3-24(4-2)20(27)16-7-5-6-8-17(16)23-19(26)15-9-10-22-18(13-15)25-12-11-21-14-25/h5-14H,3-4H2,1-2H3,(H,23,26). The van der Waals surface area contributed by atoms with Crippen molar-refractivity contribution in [1.82, 2.24) is 19.4 Å².